The number of aromatic nitrogens is 2. The van der Waals surface area contributed by atoms with Crippen molar-refractivity contribution in [3.05, 3.63) is 82.9 Å². The maximum atomic E-state index is 5.99. The van der Waals surface area contributed by atoms with Crippen molar-refractivity contribution in [2.24, 2.45) is 0 Å². The van der Waals surface area contributed by atoms with Gasteiger partial charge in [-0.15, -0.1) is 0 Å². The van der Waals surface area contributed by atoms with Crippen molar-refractivity contribution in [3.63, 3.8) is 0 Å². The van der Waals surface area contributed by atoms with Gasteiger partial charge < -0.3 is 19.5 Å². The second kappa shape index (κ2) is 9.27. The van der Waals surface area contributed by atoms with Gasteiger partial charge in [-0.3, -0.25) is 4.98 Å². The Morgan fingerprint density at radius 3 is 2.64 bits per heavy atom. The molecule has 4 heterocycles. The Labute approximate surface area is 201 Å². The summed E-state index contributed by atoms with van der Waals surface area (Å²) in [6.07, 6.45) is 5.33. The summed E-state index contributed by atoms with van der Waals surface area (Å²) in [7, 11) is 0. The van der Waals surface area contributed by atoms with Crippen LogP contribution in [0.3, 0.4) is 0 Å². The molecule has 33 heavy (non-hydrogen) atoms. The van der Waals surface area contributed by atoms with E-state index in [1.807, 2.05) is 18.3 Å². The van der Waals surface area contributed by atoms with Crippen molar-refractivity contribution in [2.45, 2.75) is 58.2 Å². The Kier molecular flexibility index (Phi) is 6.21. The second-order valence-corrected chi connectivity index (χ2v) is 9.48. The Morgan fingerprint density at radius 1 is 1.15 bits per heavy atom. The van der Waals surface area contributed by atoms with Gasteiger partial charge >= 0.3 is 0 Å². The maximum absolute atomic E-state index is 5.99. The molecule has 2 fully saturated rings. The van der Waals surface area contributed by atoms with E-state index in [-0.39, 0.29) is 18.2 Å². The molecule has 0 aliphatic carbocycles. The van der Waals surface area contributed by atoms with E-state index in [0.717, 1.165) is 43.2 Å². The molecule has 0 amide bonds. The lowest BCUT2D eigenvalue weighted by molar-refractivity contribution is 0.0842. The monoisotopic (exact) mass is 460 g/mol. The minimum atomic E-state index is -0.00322. The zero-order chi connectivity index (χ0) is 22.9. The van der Waals surface area contributed by atoms with Crippen molar-refractivity contribution in [2.75, 3.05) is 13.2 Å². The standard InChI is InChI=1S/C27H32N4OS/c1-4-20-10-12-21(13-11-20)31-18(2)16-23(19(31)3)26-25(24-9-5-6-14-28-24)29-27(33)30(26)17-22-8-7-15-32-22/h5-6,9-14,16,22,25-26H,4,7-8,15,17H2,1-3H3,(H,29,33)/t22-,25+,26-/m1/s1. The summed E-state index contributed by atoms with van der Waals surface area (Å²) in [5.41, 5.74) is 7.31. The molecular formula is C27H32N4OS. The van der Waals surface area contributed by atoms with Crippen molar-refractivity contribution in [1.82, 2.24) is 19.8 Å². The van der Waals surface area contributed by atoms with Crippen LogP contribution in [0.2, 0.25) is 0 Å². The molecular weight excluding hydrogens is 428 g/mol. The number of rotatable bonds is 6. The zero-order valence-corrected chi connectivity index (χ0v) is 20.4. The average Bonchev–Trinajstić information content (AvgIpc) is 3.54. The highest BCUT2D eigenvalue weighted by atomic mass is 32.1. The van der Waals surface area contributed by atoms with Crippen LogP contribution in [0.5, 0.6) is 0 Å². The molecule has 0 saturated carbocycles. The predicted molar refractivity (Wildman–Crippen MR) is 136 cm³/mol. The summed E-state index contributed by atoms with van der Waals surface area (Å²) in [5.74, 6) is 0. The van der Waals surface area contributed by atoms with Gasteiger partial charge in [0.05, 0.1) is 23.9 Å². The highest BCUT2D eigenvalue weighted by Crippen LogP contribution is 2.42. The quantitative estimate of drug-likeness (QED) is 0.512. The molecule has 0 bridgehead atoms. The van der Waals surface area contributed by atoms with Gasteiger partial charge in [0.25, 0.3) is 0 Å². The number of thiocarbonyl (C=S) groups is 1. The smallest absolute Gasteiger partial charge is 0.170 e. The Bertz CT molecular complexity index is 1120. The van der Waals surface area contributed by atoms with Gasteiger partial charge in [0.2, 0.25) is 0 Å². The van der Waals surface area contributed by atoms with E-state index in [1.165, 1.54) is 28.2 Å². The molecule has 2 aliphatic rings. The molecule has 0 spiro atoms. The third-order valence-electron chi connectivity index (χ3n) is 7.01. The summed E-state index contributed by atoms with van der Waals surface area (Å²) in [4.78, 5) is 7.02. The summed E-state index contributed by atoms with van der Waals surface area (Å²) in [5, 5.41) is 4.36. The lowest BCUT2D eigenvalue weighted by atomic mass is 9.96. The van der Waals surface area contributed by atoms with E-state index < -0.39 is 0 Å². The topological polar surface area (TPSA) is 42.3 Å². The number of pyridine rings is 1. The highest BCUT2D eigenvalue weighted by molar-refractivity contribution is 7.80. The Balaban J connectivity index is 1.57. The van der Waals surface area contributed by atoms with E-state index in [1.54, 1.807) is 0 Å². The van der Waals surface area contributed by atoms with Gasteiger partial charge in [-0.05, 0) is 86.8 Å². The maximum Gasteiger partial charge on any atom is 0.170 e. The van der Waals surface area contributed by atoms with E-state index >= 15 is 0 Å². The minimum Gasteiger partial charge on any atom is -0.376 e. The number of nitrogens with zero attached hydrogens (tertiary/aromatic N) is 3. The Morgan fingerprint density at radius 2 is 1.97 bits per heavy atom. The summed E-state index contributed by atoms with van der Waals surface area (Å²) in [6.45, 7) is 8.24. The first-order valence-corrected chi connectivity index (χ1v) is 12.4. The first-order chi connectivity index (χ1) is 16.1. The van der Waals surface area contributed by atoms with Crippen LogP contribution in [0.25, 0.3) is 5.69 Å². The molecule has 0 radical (unpaired) electrons. The fraction of sp³-hybridized carbons (Fsp3) is 0.407. The molecule has 5 rings (SSSR count). The van der Waals surface area contributed by atoms with Crippen LogP contribution in [0.15, 0.2) is 54.7 Å². The van der Waals surface area contributed by atoms with E-state index in [9.17, 15) is 0 Å². The van der Waals surface area contributed by atoms with Crippen LogP contribution >= 0.6 is 12.2 Å². The lowest BCUT2D eigenvalue weighted by Crippen LogP contribution is -2.36. The predicted octanol–water partition coefficient (Wildman–Crippen LogP) is 5.20. The number of aryl methyl sites for hydroxylation is 2. The van der Waals surface area contributed by atoms with Gasteiger partial charge in [0.15, 0.2) is 5.11 Å². The molecule has 2 aromatic heterocycles. The van der Waals surface area contributed by atoms with Gasteiger partial charge in [0.1, 0.15) is 0 Å². The van der Waals surface area contributed by atoms with Gasteiger partial charge in [-0.2, -0.15) is 0 Å². The van der Waals surface area contributed by atoms with Crippen molar-refractivity contribution in [3.8, 4) is 5.69 Å². The largest absolute Gasteiger partial charge is 0.376 e. The van der Waals surface area contributed by atoms with E-state index in [4.69, 9.17) is 17.0 Å². The lowest BCUT2D eigenvalue weighted by Gasteiger charge is -2.30. The molecule has 3 aromatic rings. The van der Waals surface area contributed by atoms with Gasteiger partial charge in [0, 0.05) is 36.4 Å². The van der Waals surface area contributed by atoms with E-state index in [0.29, 0.717) is 0 Å². The average molecular weight is 461 g/mol. The number of hydrogen-bond donors (Lipinski definition) is 1. The van der Waals surface area contributed by atoms with Crippen molar-refractivity contribution >= 4 is 17.3 Å². The van der Waals surface area contributed by atoms with Crippen LogP contribution in [0.4, 0.5) is 0 Å². The molecule has 5 nitrogen and oxygen atoms in total. The number of hydrogen-bond acceptors (Lipinski definition) is 3. The minimum absolute atomic E-state index is 0.00322. The number of ether oxygens (including phenoxy) is 1. The van der Waals surface area contributed by atoms with Crippen molar-refractivity contribution < 1.29 is 4.74 Å². The first kappa shape index (κ1) is 22.1. The van der Waals surface area contributed by atoms with Crippen LogP contribution in [0.1, 0.15) is 60.1 Å². The number of nitrogens with one attached hydrogen (secondary N) is 1. The molecule has 2 saturated heterocycles. The third kappa shape index (κ3) is 4.18. The fourth-order valence-electron chi connectivity index (χ4n) is 5.31. The molecule has 172 valence electrons. The molecule has 6 heteroatoms. The third-order valence-corrected chi connectivity index (χ3v) is 7.37. The summed E-state index contributed by atoms with van der Waals surface area (Å²) < 4.78 is 8.35. The zero-order valence-electron chi connectivity index (χ0n) is 19.6. The molecule has 1 aromatic carbocycles. The van der Waals surface area contributed by atoms with Crippen LogP contribution in [-0.2, 0) is 11.2 Å². The summed E-state index contributed by atoms with van der Waals surface area (Å²) in [6, 6.07) is 17.4. The SMILES string of the molecule is CCc1ccc(-n2c(C)cc([C@@H]3[C@H](c4ccccn4)NC(=S)N3C[C@H]3CCCO3)c2C)cc1. The van der Waals surface area contributed by atoms with Crippen molar-refractivity contribution in [1.29, 1.82) is 0 Å². The van der Waals surface area contributed by atoms with E-state index in [2.05, 4.69) is 76.9 Å². The molecule has 2 aliphatic heterocycles. The fourth-order valence-corrected chi connectivity index (χ4v) is 5.63. The highest BCUT2D eigenvalue weighted by Gasteiger charge is 2.42. The molecule has 1 N–H and O–H groups in total. The number of benzene rings is 1. The van der Waals surface area contributed by atoms with Crippen LogP contribution < -0.4 is 5.32 Å². The first-order valence-electron chi connectivity index (χ1n) is 11.9. The summed E-state index contributed by atoms with van der Waals surface area (Å²) >= 11 is 5.86. The van der Waals surface area contributed by atoms with Gasteiger partial charge in [-0.1, -0.05) is 25.1 Å². The normalized spacial score (nSPS) is 22.7. The van der Waals surface area contributed by atoms with Crippen LogP contribution in [0, 0.1) is 13.8 Å². The molecule has 3 atom stereocenters. The second-order valence-electron chi connectivity index (χ2n) is 9.10. The van der Waals surface area contributed by atoms with Crippen LogP contribution in [-0.4, -0.2) is 38.8 Å². The molecule has 0 unspecified atom stereocenters. The van der Waals surface area contributed by atoms with Gasteiger partial charge in [-0.25, -0.2) is 0 Å². The Hall–Kier alpha value is -2.70.